The van der Waals surface area contributed by atoms with Gasteiger partial charge in [-0.25, -0.2) is 0 Å². The summed E-state index contributed by atoms with van der Waals surface area (Å²) >= 11 is 0. The van der Waals surface area contributed by atoms with Crippen LogP contribution in [0.4, 0.5) is 0 Å². The maximum Gasteiger partial charge on any atom is 0.261 e. The van der Waals surface area contributed by atoms with E-state index in [1.165, 1.54) is 0 Å². The number of halogens is 1. The molecule has 0 saturated carbocycles. The highest BCUT2D eigenvalue weighted by Crippen LogP contribution is 2.09. The number of amides is 1. The highest BCUT2D eigenvalue weighted by atomic mass is 35.5. The van der Waals surface area contributed by atoms with E-state index >= 15 is 0 Å². The second-order valence-electron chi connectivity index (χ2n) is 4.61. The molecular formula is C15H20ClN3O2. The van der Waals surface area contributed by atoms with Crippen LogP contribution in [0.2, 0.25) is 0 Å². The number of carbonyl (C=O) groups is 1. The first-order chi connectivity index (χ1) is 9.72. The number of hydrogen-bond acceptors (Lipinski definition) is 3. The van der Waals surface area contributed by atoms with E-state index in [0.29, 0.717) is 13.1 Å². The van der Waals surface area contributed by atoms with Crippen molar-refractivity contribution >= 4 is 29.2 Å². The summed E-state index contributed by atoms with van der Waals surface area (Å²) in [5.41, 5.74) is 0.528. The number of rotatable bonds is 6. The number of nitrogens with one attached hydrogen (secondary N) is 3. The molecule has 21 heavy (non-hydrogen) atoms. The van der Waals surface area contributed by atoms with Crippen LogP contribution in [-0.4, -0.2) is 30.5 Å². The van der Waals surface area contributed by atoms with Crippen molar-refractivity contribution in [1.82, 2.24) is 15.6 Å². The number of para-hydroxylation sites is 1. The van der Waals surface area contributed by atoms with Crippen molar-refractivity contribution in [2.45, 2.75) is 13.3 Å². The first kappa shape index (κ1) is 17.2. The summed E-state index contributed by atoms with van der Waals surface area (Å²) in [5, 5.41) is 6.78. The molecule has 0 saturated heterocycles. The van der Waals surface area contributed by atoms with E-state index < -0.39 is 0 Å². The number of fused-ring (bicyclic) bond motifs is 1. The standard InChI is InChI=1S/C15H19N3O2.ClH/c1-2-7-16-8-9-17-14(19)12-10-11-5-3-4-6-13(11)18-15(12)20;/h3-6,10,16H,2,7-9H2,1H3,(H,17,19)(H,18,20);1H. The molecule has 1 aromatic carbocycles. The summed E-state index contributed by atoms with van der Waals surface area (Å²) in [6, 6.07) is 9.02. The molecule has 114 valence electrons. The zero-order chi connectivity index (χ0) is 14.4. The number of pyridine rings is 1. The smallest absolute Gasteiger partial charge is 0.261 e. The lowest BCUT2D eigenvalue weighted by molar-refractivity contribution is 0.0952. The van der Waals surface area contributed by atoms with Gasteiger partial charge < -0.3 is 15.6 Å². The van der Waals surface area contributed by atoms with Crippen LogP contribution in [0.5, 0.6) is 0 Å². The molecule has 0 aliphatic heterocycles. The molecule has 1 amide bonds. The lowest BCUT2D eigenvalue weighted by Crippen LogP contribution is -2.34. The molecule has 0 spiro atoms. The van der Waals surface area contributed by atoms with Crippen LogP contribution in [0.25, 0.3) is 10.9 Å². The number of aromatic amines is 1. The zero-order valence-electron chi connectivity index (χ0n) is 11.9. The molecule has 2 aromatic rings. The molecular weight excluding hydrogens is 290 g/mol. The predicted octanol–water partition coefficient (Wildman–Crippen LogP) is 1.68. The highest BCUT2D eigenvalue weighted by Gasteiger charge is 2.10. The molecule has 6 heteroatoms. The van der Waals surface area contributed by atoms with Gasteiger partial charge in [0, 0.05) is 18.6 Å². The predicted molar refractivity (Wildman–Crippen MR) is 87.3 cm³/mol. The molecule has 0 atom stereocenters. The monoisotopic (exact) mass is 309 g/mol. The van der Waals surface area contributed by atoms with Crippen molar-refractivity contribution in [3.05, 3.63) is 46.2 Å². The van der Waals surface area contributed by atoms with E-state index in [-0.39, 0.29) is 29.4 Å². The summed E-state index contributed by atoms with van der Waals surface area (Å²) in [4.78, 5) is 26.6. The van der Waals surface area contributed by atoms with Gasteiger partial charge in [-0.1, -0.05) is 25.1 Å². The van der Waals surface area contributed by atoms with Crippen LogP contribution in [0, 0.1) is 0 Å². The van der Waals surface area contributed by atoms with Gasteiger partial charge in [0.2, 0.25) is 0 Å². The van der Waals surface area contributed by atoms with Crippen LogP contribution in [0.1, 0.15) is 23.7 Å². The Bertz CT molecular complexity index is 655. The maximum absolute atomic E-state index is 12.0. The topological polar surface area (TPSA) is 74.0 Å². The molecule has 0 bridgehead atoms. The van der Waals surface area contributed by atoms with Crippen LogP contribution >= 0.6 is 12.4 Å². The quantitative estimate of drug-likeness (QED) is 0.711. The average Bonchev–Trinajstić information content (AvgIpc) is 2.46. The summed E-state index contributed by atoms with van der Waals surface area (Å²) in [7, 11) is 0. The number of hydrogen-bond donors (Lipinski definition) is 3. The van der Waals surface area contributed by atoms with Crippen LogP contribution in [0.15, 0.2) is 35.1 Å². The van der Waals surface area contributed by atoms with Crippen molar-refractivity contribution in [3.63, 3.8) is 0 Å². The third-order valence-corrected chi connectivity index (χ3v) is 3.01. The van der Waals surface area contributed by atoms with Crippen molar-refractivity contribution in [2.75, 3.05) is 19.6 Å². The normalized spacial score (nSPS) is 10.1. The van der Waals surface area contributed by atoms with E-state index in [1.54, 1.807) is 6.07 Å². The fourth-order valence-corrected chi connectivity index (χ4v) is 1.98. The van der Waals surface area contributed by atoms with Gasteiger partial charge in [0.15, 0.2) is 0 Å². The Labute approximate surface area is 129 Å². The van der Waals surface area contributed by atoms with Gasteiger partial charge in [-0.2, -0.15) is 0 Å². The second kappa shape index (κ2) is 8.44. The SMILES string of the molecule is CCCNCCNC(=O)c1cc2ccccc2[nH]c1=O.Cl. The van der Waals surface area contributed by atoms with Gasteiger partial charge in [0.25, 0.3) is 11.5 Å². The second-order valence-corrected chi connectivity index (χ2v) is 4.61. The number of H-pyrrole nitrogens is 1. The third-order valence-electron chi connectivity index (χ3n) is 3.01. The van der Waals surface area contributed by atoms with Gasteiger partial charge >= 0.3 is 0 Å². The van der Waals surface area contributed by atoms with Gasteiger partial charge in [0.05, 0.1) is 0 Å². The lowest BCUT2D eigenvalue weighted by Gasteiger charge is -2.06. The molecule has 0 fully saturated rings. The Balaban J connectivity index is 0.00000220. The molecule has 3 N–H and O–H groups in total. The maximum atomic E-state index is 12.0. The Morgan fingerprint density at radius 2 is 1.95 bits per heavy atom. The van der Waals surface area contributed by atoms with Crippen LogP contribution in [-0.2, 0) is 0 Å². The van der Waals surface area contributed by atoms with Crippen molar-refractivity contribution in [2.24, 2.45) is 0 Å². The van der Waals surface area contributed by atoms with Gasteiger partial charge in [-0.3, -0.25) is 9.59 Å². The van der Waals surface area contributed by atoms with Gasteiger partial charge in [-0.15, -0.1) is 12.4 Å². The Kier molecular flexibility index (Phi) is 6.91. The molecule has 0 aliphatic carbocycles. The van der Waals surface area contributed by atoms with Crippen LogP contribution in [0.3, 0.4) is 0 Å². The van der Waals surface area contributed by atoms with E-state index in [0.717, 1.165) is 23.9 Å². The fourth-order valence-electron chi connectivity index (χ4n) is 1.98. The molecule has 0 unspecified atom stereocenters. The van der Waals surface area contributed by atoms with E-state index in [9.17, 15) is 9.59 Å². The summed E-state index contributed by atoms with van der Waals surface area (Å²) < 4.78 is 0. The zero-order valence-corrected chi connectivity index (χ0v) is 12.8. The minimum Gasteiger partial charge on any atom is -0.351 e. The summed E-state index contributed by atoms with van der Waals surface area (Å²) in [6.45, 7) is 4.21. The minimum absolute atomic E-state index is 0. The van der Waals surface area contributed by atoms with Crippen LogP contribution < -0.4 is 16.2 Å². The highest BCUT2D eigenvalue weighted by molar-refractivity contribution is 5.97. The third kappa shape index (κ3) is 4.58. The molecule has 2 rings (SSSR count). The first-order valence-electron chi connectivity index (χ1n) is 6.83. The largest absolute Gasteiger partial charge is 0.351 e. The molecule has 0 radical (unpaired) electrons. The van der Waals surface area contributed by atoms with Gasteiger partial charge in [0.1, 0.15) is 5.56 Å². The van der Waals surface area contributed by atoms with E-state index in [1.807, 2.05) is 24.3 Å². The summed E-state index contributed by atoms with van der Waals surface area (Å²) in [5.74, 6) is -0.338. The van der Waals surface area contributed by atoms with Crippen molar-refractivity contribution in [3.8, 4) is 0 Å². The van der Waals surface area contributed by atoms with E-state index in [2.05, 4.69) is 22.5 Å². The molecule has 5 nitrogen and oxygen atoms in total. The average molecular weight is 310 g/mol. The van der Waals surface area contributed by atoms with E-state index in [4.69, 9.17) is 0 Å². The Morgan fingerprint density at radius 3 is 2.71 bits per heavy atom. The fraction of sp³-hybridized carbons (Fsp3) is 0.333. The number of aromatic nitrogens is 1. The first-order valence-corrected chi connectivity index (χ1v) is 6.83. The molecule has 0 aliphatic rings. The number of benzene rings is 1. The van der Waals surface area contributed by atoms with Crippen molar-refractivity contribution in [1.29, 1.82) is 0 Å². The lowest BCUT2D eigenvalue weighted by atomic mass is 10.1. The van der Waals surface area contributed by atoms with Gasteiger partial charge in [-0.05, 0) is 30.5 Å². The number of carbonyl (C=O) groups excluding carboxylic acids is 1. The Hall–Kier alpha value is -1.85. The Morgan fingerprint density at radius 1 is 1.19 bits per heavy atom. The minimum atomic E-state index is -0.359. The van der Waals surface area contributed by atoms with Crippen molar-refractivity contribution < 1.29 is 4.79 Å². The molecule has 1 heterocycles. The summed E-state index contributed by atoms with van der Waals surface area (Å²) in [6.07, 6.45) is 1.05. The molecule has 1 aromatic heterocycles.